The summed E-state index contributed by atoms with van der Waals surface area (Å²) in [4.78, 5) is 13.5. The van der Waals surface area contributed by atoms with Gasteiger partial charge in [0.15, 0.2) is 9.84 Å². The first-order valence-electron chi connectivity index (χ1n) is 10.8. The Hall–Kier alpha value is -1.94. The van der Waals surface area contributed by atoms with Gasteiger partial charge in [-0.2, -0.15) is 4.98 Å². The molecular formula is C22H25ClN4O3S2. The number of aromatic nitrogens is 2. The highest BCUT2D eigenvalue weighted by atomic mass is 35.5. The van der Waals surface area contributed by atoms with Gasteiger partial charge in [-0.15, -0.1) is 11.3 Å². The number of nitrogens with zero attached hydrogens (tertiary/aromatic N) is 4. The number of thiophene rings is 1. The average molecular weight is 493 g/mol. The quantitative estimate of drug-likeness (QED) is 0.500. The third-order valence-corrected chi connectivity index (χ3v) is 9.63. The summed E-state index contributed by atoms with van der Waals surface area (Å²) in [6, 6.07) is 9.67. The second-order valence-corrected chi connectivity index (χ2v) is 11.8. The van der Waals surface area contributed by atoms with Gasteiger partial charge in [0.05, 0.1) is 24.5 Å². The van der Waals surface area contributed by atoms with E-state index >= 15 is 0 Å². The smallest absolute Gasteiger partial charge is 0.224 e. The van der Waals surface area contributed by atoms with Crippen molar-refractivity contribution in [1.29, 1.82) is 0 Å². The Kier molecular flexibility index (Phi) is 6.24. The number of morpholine rings is 1. The van der Waals surface area contributed by atoms with Crippen molar-refractivity contribution in [2.75, 3.05) is 54.9 Å². The van der Waals surface area contributed by atoms with Crippen molar-refractivity contribution in [3.63, 3.8) is 0 Å². The number of hydrogen-bond acceptors (Lipinski definition) is 8. The highest BCUT2D eigenvalue weighted by Crippen LogP contribution is 2.32. The summed E-state index contributed by atoms with van der Waals surface area (Å²) >= 11 is 7.60. The first-order chi connectivity index (χ1) is 15.5. The Morgan fingerprint density at radius 1 is 1.12 bits per heavy atom. The molecule has 0 aliphatic carbocycles. The van der Waals surface area contributed by atoms with E-state index in [0.717, 1.165) is 68.1 Å². The molecule has 2 aromatic heterocycles. The van der Waals surface area contributed by atoms with Crippen LogP contribution < -0.4 is 9.80 Å². The lowest BCUT2D eigenvalue weighted by Gasteiger charge is -2.34. The van der Waals surface area contributed by atoms with Crippen LogP contribution in [-0.2, 0) is 14.6 Å². The Balaban J connectivity index is 1.40. The van der Waals surface area contributed by atoms with Gasteiger partial charge in [0.1, 0.15) is 10.0 Å². The molecule has 7 nitrogen and oxygen atoms in total. The summed E-state index contributed by atoms with van der Waals surface area (Å²) in [6.45, 7) is 4.60. The monoisotopic (exact) mass is 492 g/mol. The van der Waals surface area contributed by atoms with Crippen LogP contribution in [0.1, 0.15) is 12.8 Å². The molecule has 0 spiro atoms. The molecule has 1 unspecified atom stereocenters. The summed E-state index contributed by atoms with van der Waals surface area (Å²) in [7, 11) is -3.27. The largest absolute Gasteiger partial charge is 0.378 e. The van der Waals surface area contributed by atoms with Gasteiger partial charge < -0.3 is 14.5 Å². The maximum atomic E-state index is 12.8. The molecule has 10 heteroatoms. The predicted molar refractivity (Wildman–Crippen MR) is 129 cm³/mol. The molecule has 0 saturated carbocycles. The zero-order valence-electron chi connectivity index (χ0n) is 17.6. The Morgan fingerprint density at radius 3 is 2.75 bits per heavy atom. The lowest BCUT2D eigenvalue weighted by molar-refractivity contribution is 0.122. The van der Waals surface area contributed by atoms with Gasteiger partial charge in [-0.05, 0) is 60.0 Å². The standard InChI is InChI=1S/C22H25ClN4O3S2/c23-22-24-19-13-17(26-8-10-30-11-9-26)5-6-18(19)21(25-22)27-7-1-3-16(14-27)15-32(28,29)20-4-2-12-31-20/h2,4-6,12-13,16H,1,3,7-11,14-15H2. The third-order valence-electron chi connectivity index (χ3n) is 6.08. The topological polar surface area (TPSA) is 75.6 Å². The van der Waals surface area contributed by atoms with Crippen LogP contribution in [0.25, 0.3) is 10.9 Å². The fourth-order valence-corrected chi connectivity index (χ4v) is 7.48. The average Bonchev–Trinajstić information content (AvgIpc) is 3.35. The predicted octanol–water partition coefficient (Wildman–Crippen LogP) is 3.87. The van der Waals surface area contributed by atoms with Crippen LogP contribution >= 0.6 is 22.9 Å². The Morgan fingerprint density at radius 2 is 1.97 bits per heavy atom. The normalized spacial score (nSPS) is 20.1. The summed E-state index contributed by atoms with van der Waals surface area (Å²) in [6.07, 6.45) is 1.80. The van der Waals surface area contributed by atoms with Crippen LogP contribution in [0.15, 0.2) is 39.9 Å². The fourth-order valence-electron chi connectivity index (χ4n) is 4.56. The molecule has 0 N–H and O–H groups in total. The van der Waals surface area contributed by atoms with Gasteiger partial charge in [-0.1, -0.05) is 6.07 Å². The molecule has 2 aliphatic heterocycles. The first-order valence-corrected chi connectivity index (χ1v) is 13.7. The number of hydrogen-bond donors (Lipinski definition) is 0. The fraction of sp³-hybridized carbons (Fsp3) is 0.455. The minimum atomic E-state index is -3.27. The van der Waals surface area contributed by atoms with Crippen molar-refractivity contribution in [1.82, 2.24) is 9.97 Å². The molecule has 4 heterocycles. The molecule has 1 atom stereocenters. The zero-order chi connectivity index (χ0) is 22.1. The van der Waals surface area contributed by atoms with Gasteiger partial charge in [0.2, 0.25) is 5.28 Å². The van der Waals surface area contributed by atoms with E-state index in [1.54, 1.807) is 17.5 Å². The van der Waals surface area contributed by atoms with E-state index in [4.69, 9.17) is 16.3 Å². The van der Waals surface area contributed by atoms with E-state index in [0.29, 0.717) is 10.8 Å². The molecule has 0 amide bonds. The number of sulfone groups is 1. The lowest BCUT2D eigenvalue weighted by Crippen LogP contribution is -2.38. The first kappa shape index (κ1) is 21.9. The molecule has 5 rings (SSSR count). The van der Waals surface area contributed by atoms with Crippen molar-refractivity contribution in [2.24, 2.45) is 5.92 Å². The molecule has 2 saturated heterocycles. The van der Waals surface area contributed by atoms with E-state index in [9.17, 15) is 8.42 Å². The van der Waals surface area contributed by atoms with Crippen molar-refractivity contribution >= 4 is 55.2 Å². The van der Waals surface area contributed by atoms with Gasteiger partial charge in [-0.3, -0.25) is 0 Å². The van der Waals surface area contributed by atoms with E-state index in [1.165, 1.54) is 11.3 Å². The van der Waals surface area contributed by atoms with E-state index in [1.807, 2.05) is 0 Å². The molecular weight excluding hydrogens is 468 g/mol. The number of ether oxygens (including phenoxy) is 1. The Bertz CT molecular complexity index is 1200. The number of fused-ring (bicyclic) bond motifs is 1. The second kappa shape index (κ2) is 9.13. The number of piperidine rings is 1. The second-order valence-electron chi connectivity index (χ2n) is 8.28. The molecule has 1 aromatic carbocycles. The van der Waals surface area contributed by atoms with E-state index in [-0.39, 0.29) is 17.0 Å². The van der Waals surface area contributed by atoms with Gasteiger partial charge >= 0.3 is 0 Å². The molecule has 170 valence electrons. The SMILES string of the molecule is O=S(=O)(CC1CCCN(c2nc(Cl)nc3cc(N4CCOCC4)ccc23)C1)c1cccs1. The Labute approximate surface area is 196 Å². The zero-order valence-corrected chi connectivity index (χ0v) is 20.0. The van der Waals surface area contributed by atoms with E-state index < -0.39 is 9.84 Å². The number of rotatable bonds is 5. The van der Waals surface area contributed by atoms with Gasteiger partial charge in [-0.25, -0.2) is 13.4 Å². The van der Waals surface area contributed by atoms with Crippen molar-refractivity contribution < 1.29 is 13.2 Å². The van der Waals surface area contributed by atoms with Crippen LogP contribution in [0.3, 0.4) is 0 Å². The number of halogens is 1. The molecule has 0 radical (unpaired) electrons. The summed E-state index contributed by atoms with van der Waals surface area (Å²) in [5.41, 5.74) is 1.90. The molecule has 0 bridgehead atoms. The highest BCUT2D eigenvalue weighted by molar-refractivity contribution is 7.93. The summed E-state index contributed by atoms with van der Waals surface area (Å²) < 4.78 is 31.5. The highest BCUT2D eigenvalue weighted by Gasteiger charge is 2.28. The van der Waals surface area contributed by atoms with Gasteiger partial charge in [0, 0.05) is 37.3 Å². The molecule has 2 aliphatic rings. The molecule has 2 fully saturated rings. The van der Waals surface area contributed by atoms with Crippen LogP contribution in [0.2, 0.25) is 5.28 Å². The maximum Gasteiger partial charge on any atom is 0.224 e. The van der Waals surface area contributed by atoms with Crippen molar-refractivity contribution in [3.8, 4) is 0 Å². The van der Waals surface area contributed by atoms with Crippen molar-refractivity contribution in [2.45, 2.75) is 17.1 Å². The van der Waals surface area contributed by atoms with Gasteiger partial charge in [0.25, 0.3) is 0 Å². The minimum Gasteiger partial charge on any atom is -0.378 e. The van der Waals surface area contributed by atoms with Crippen molar-refractivity contribution in [3.05, 3.63) is 41.0 Å². The molecule has 32 heavy (non-hydrogen) atoms. The number of anilines is 2. The third kappa shape index (κ3) is 4.57. The van der Waals surface area contributed by atoms with Crippen LogP contribution in [0.5, 0.6) is 0 Å². The maximum absolute atomic E-state index is 12.8. The van der Waals surface area contributed by atoms with Crippen LogP contribution in [-0.4, -0.2) is 63.5 Å². The summed E-state index contributed by atoms with van der Waals surface area (Å²) in [5.74, 6) is 0.987. The van der Waals surface area contributed by atoms with Crippen LogP contribution in [0.4, 0.5) is 11.5 Å². The molecule has 3 aromatic rings. The minimum absolute atomic E-state index is 0.0484. The summed E-state index contributed by atoms with van der Waals surface area (Å²) in [5, 5.41) is 2.95. The lowest BCUT2D eigenvalue weighted by atomic mass is 9.99. The van der Waals surface area contributed by atoms with E-state index in [2.05, 4.69) is 38.0 Å². The van der Waals surface area contributed by atoms with Crippen LogP contribution in [0, 0.1) is 5.92 Å². The number of benzene rings is 1.